The summed E-state index contributed by atoms with van der Waals surface area (Å²) in [7, 11) is 1.18. The molecule has 8 nitrogen and oxygen atoms in total. The van der Waals surface area contributed by atoms with Crippen molar-refractivity contribution in [1.82, 2.24) is 5.32 Å². The van der Waals surface area contributed by atoms with E-state index in [1.807, 2.05) is 27.2 Å². The van der Waals surface area contributed by atoms with Gasteiger partial charge in [-0.25, -0.2) is 0 Å². The van der Waals surface area contributed by atoms with Crippen LogP contribution in [0.25, 0.3) is 0 Å². The summed E-state index contributed by atoms with van der Waals surface area (Å²) in [5.74, 6) is -0.274. The lowest BCUT2D eigenvalue weighted by Gasteiger charge is -2.29. The van der Waals surface area contributed by atoms with Gasteiger partial charge in [0.25, 0.3) is 7.82 Å². The number of carbonyl (C=O) groups is 1. The standard InChI is InChI=1S/C56H95N2O6P/c1-6-8-10-12-14-16-18-20-22-24-26-28-29-30-32-34-36-38-40-42-44-46-48-50-56(60)57-54(53-64-65(61,62)63-52-51-58(3,4)5)55(59)49-47-45-43-41-39-37-35-33-31-27-25-23-21-19-17-15-13-11-9-7-2/h8,10,14,16,20,22,26,28,30-33,36,38-39,41-42,44,47,49,54-55,59H,6-7,9,11-13,15,17-19,21,23-25,27,29,34-35,37,40,43,45-46,48,50-53H2,1-5H3,(H-,57,60,61,62)/b10-8-,16-14-,22-20-,28-26-,32-30-,33-31+,38-36-,41-39+,44-42-,49-47+. The number of hydrogen-bond donors (Lipinski definition) is 2. The number of carbonyl (C=O) groups excluding carboxylic acids is 1. The molecule has 3 atom stereocenters. The van der Waals surface area contributed by atoms with Crippen LogP contribution in [-0.2, 0) is 18.4 Å². The van der Waals surface area contributed by atoms with Crippen LogP contribution >= 0.6 is 7.82 Å². The Morgan fingerprint density at radius 3 is 1.43 bits per heavy atom. The van der Waals surface area contributed by atoms with Crippen molar-refractivity contribution in [3.05, 3.63) is 122 Å². The van der Waals surface area contributed by atoms with Crippen molar-refractivity contribution in [3.8, 4) is 0 Å². The number of rotatable bonds is 44. The Labute approximate surface area is 399 Å². The number of phosphoric acid groups is 1. The maximum Gasteiger partial charge on any atom is 0.268 e. The molecule has 0 saturated carbocycles. The van der Waals surface area contributed by atoms with Crippen LogP contribution in [0.15, 0.2) is 122 Å². The van der Waals surface area contributed by atoms with Crippen molar-refractivity contribution < 1.29 is 32.9 Å². The summed E-state index contributed by atoms with van der Waals surface area (Å²) in [5, 5.41) is 13.8. The molecule has 0 aliphatic rings. The zero-order valence-electron chi connectivity index (χ0n) is 41.9. The van der Waals surface area contributed by atoms with E-state index in [2.05, 4.69) is 129 Å². The first-order chi connectivity index (χ1) is 31.5. The number of allylic oxidation sites excluding steroid dienone is 19. The number of hydrogen-bond acceptors (Lipinski definition) is 6. The Balaban J connectivity index is 4.55. The SMILES string of the molecule is CC/C=C\C/C=C\C/C=C\C/C=C\C/C=C\C/C=C\C/C=C\CCCC(=O)NC(COP(=O)([O-])OCC[N+](C)(C)C)C(O)/C=C/CC/C=C/CC/C=C/CCCCCCCCCCCC. The van der Waals surface area contributed by atoms with Gasteiger partial charge in [-0.1, -0.05) is 193 Å². The smallest absolute Gasteiger partial charge is 0.268 e. The molecule has 0 rings (SSSR count). The number of likely N-dealkylation sites (N-methyl/N-ethyl adjacent to an activating group) is 1. The minimum Gasteiger partial charge on any atom is -0.756 e. The van der Waals surface area contributed by atoms with E-state index in [1.54, 1.807) is 6.08 Å². The van der Waals surface area contributed by atoms with Gasteiger partial charge in [0.15, 0.2) is 0 Å². The highest BCUT2D eigenvalue weighted by Gasteiger charge is 2.23. The van der Waals surface area contributed by atoms with Crippen LogP contribution in [-0.4, -0.2) is 68.5 Å². The molecule has 0 aliphatic carbocycles. The van der Waals surface area contributed by atoms with Crippen molar-refractivity contribution in [3.63, 3.8) is 0 Å². The van der Waals surface area contributed by atoms with Gasteiger partial charge in [-0.3, -0.25) is 9.36 Å². The van der Waals surface area contributed by atoms with E-state index in [0.717, 1.165) is 70.6 Å². The zero-order chi connectivity index (χ0) is 47.8. The average molecular weight is 923 g/mol. The molecule has 9 heteroatoms. The second-order valence-electron chi connectivity index (χ2n) is 17.8. The monoisotopic (exact) mass is 923 g/mol. The van der Waals surface area contributed by atoms with E-state index in [9.17, 15) is 19.4 Å². The lowest BCUT2D eigenvalue weighted by molar-refractivity contribution is -0.870. The minimum atomic E-state index is -4.63. The van der Waals surface area contributed by atoms with Crippen LogP contribution in [0, 0.1) is 0 Å². The first kappa shape index (κ1) is 61.9. The van der Waals surface area contributed by atoms with Crippen LogP contribution in [0.1, 0.15) is 174 Å². The predicted octanol–water partition coefficient (Wildman–Crippen LogP) is 14.4. The number of quaternary nitrogens is 1. The largest absolute Gasteiger partial charge is 0.756 e. The first-order valence-electron chi connectivity index (χ1n) is 25.4. The Morgan fingerprint density at radius 1 is 0.554 bits per heavy atom. The van der Waals surface area contributed by atoms with E-state index in [4.69, 9.17) is 9.05 Å². The molecule has 0 saturated heterocycles. The fourth-order valence-electron chi connectivity index (χ4n) is 6.41. The van der Waals surface area contributed by atoms with Gasteiger partial charge < -0.3 is 28.8 Å². The van der Waals surface area contributed by atoms with Crippen molar-refractivity contribution in [1.29, 1.82) is 0 Å². The summed E-state index contributed by atoms with van der Waals surface area (Å²) in [6.45, 7) is 4.44. The molecule has 0 aromatic heterocycles. The lowest BCUT2D eigenvalue weighted by atomic mass is 10.1. The van der Waals surface area contributed by atoms with Gasteiger partial charge in [0.1, 0.15) is 13.2 Å². The van der Waals surface area contributed by atoms with Gasteiger partial charge in [-0.15, -0.1) is 0 Å². The summed E-state index contributed by atoms with van der Waals surface area (Å²) >= 11 is 0. The number of nitrogens with one attached hydrogen (secondary N) is 1. The second-order valence-corrected chi connectivity index (χ2v) is 19.2. The number of aliphatic hydroxyl groups is 1. The van der Waals surface area contributed by atoms with Gasteiger partial charge in [0.2, 0.25) is 5.91 Å². The van der Waals surface area contributed by atoms with Crippen molar-refractivity contribution in [2.45, 2.75) is 187 Å². The summed E-state index contributed by atoms with van der Waals surface area (Å²) in [4.78, 5) is 25.4. The third-order valence-corrected chi connectivity index (χ3v) is 11.3. The molecule has 0 radical (unpaired) electrons. The van der Waals surface area contributed by atoms with Crippen molar-refractivity contribution in [2.24, 2.45) is 0 Å². The molecule has 1 amide bonds. The van der Waals surface area contributed by atoms with E-state index < -0.39 is 26.6 Å². The van der Waals surface area contributed by atoms with Crippen molar-refractivity contribution >= 4 is 13.7 Å². The summed E-state index contributed by atoms with van der Waals surface area (Å²) in [5.41, 5.74) is 0. The van der Waals surface area contributed by atoms with E-state index in [0.29, 0.717) is 23.9 Å². The predicted molar refractivity (Wildman–Crippen MR) is 279 cm³/mol. The number of nitrogens with zero attached hydrogens (tertiary/aromatic N) is 1. The molecule has 0 spiro atoms. The number of aliphatic hydroxyl groups excluding tert-OH is 1. The maximum atomic E-state index is 12.9. The lowest BCUT2D eigenvalue weighted by Crippen LogP contribution is -2.45. The van der Waals surface area contributed by atoms with Gasteiger partial charge in [0, 0.05) is 6.42 Å². The summed E-state index contributed by atoms with van der Waals surface area (Å²) < 4.78 is 23.2. The van der Waals surface area contributed by atoms with Crippen LogP contribution in [0.3, 0.4) is 0 Å². The van der Waals surface area contributed by atoms with Crippen LogP contribution in [0.4, 0.5) is 0 Å². The molecule has 0 aromatic carbocycles. The van der Waals surface area contributed by atoms with E-state index in [-0.39, 0.29) is 18.9 Å². The van der Waals surface area contributed by atoms with Gasteiger partial charge in [0.05, 0.1) is 39.9 Å². The molecule has 0 bridgehead atoms. The van der Waals surface area contributed by atoms with Gasteiger partial charge in [-0.2, -0.15) is 0 Å². The average Bonchev–Trinajstić information content (AvgIpc) is 3.26. The third kappa shape index (κ3) is 48.6. The van der Waals surface area contributed by atoms with Gasteiger partial charge >= 0.3 is 0 Å². The molecule has 0 heterocycles. The highest BCUT2D eigenvalue weighted by Crippen LogP contribution is 2.38. The molecule has 370 valence electrons. The fourth-order valence-corrected chi connectivity index (χ4v) is 7.13. The Morgan fingerprint density at radius 2 is 0.954 bits per heavy atom. The normalized spacial score (nSPS) is 15.1. The quantitative estimate of drug-likeness (QED) is 0.0273. The molecular formula is C56H95N2O6P. The van der Waals surface area contributed by atoms with Crippen LogP contribution < -0.4 is 10.2 Å². The van der Waals surface area contributed by atoms with E-state index in [1.165, 1.54) is 70.6 Å². The maximum absolute atomic E-state index is 12.9. The molecule has 0 aromatic rings. The minimum absolute atomic E-state index is 0.0272. The zero-order valence-corrected chi connectivity index (χ0v) is 42.8. The summed E-state index contributed by atoms with van der Waals surface area (Å²) in [6.07, 6.45) is 68.4. The Bertz CT molecular complexity index is 1460. The fraction of sp³-hybridized carbons (Fsp3) is 0.625. The Hall–Kier alpha value is -3.10. The van der Waals surface area contributed by atoms with Gasteiger partial charge in [-0.05, 0) is 96.3 Å². The van der Waals surface area contributed by atoms with E-state index >= 15 is 0 Å². The number of amides is 1. The highest BCUT2D eigenvalue weighted by molar-refractivity contribution is 7.45. The number of unbranched alkanes of at least 4 members (excludes halogenated alkanes) is 13. The molecule has 0 aliphatic heterocycles. The third-order valence-electron chi connectivity index (χ3n) is 10.4. The van der Waals surface area contributed by atoms with Crippen molar-refractivity contribution in [2.75, 3.05) is 40.9 Å². The second kappa shape index (κ2) is 46.0. The Kier molecular flexibility index (Phi) is 43.8. The molecule has 3 unspecified atom stereocenters. The number of phosphoric ester groups is 1. The molecule has 65 heavy (non-hydrogen) atoms. The highest BCUT2D eigenvalue weighted by atomic mass is 31.2. The van der Waals surface area contributed by atoms with Crippen LogP contribution in [0.2, 0.25) is 0 Å². The molecule has 2 N–H and O–H groups in total. The molecule has 0 fully saturated rings. The summed E-state index contributed by atoms with van der Waals surface area (Å²) in [6, 6.07) is -0.950. The molecular weight excluding hydrogens is 828 g/mol. The van der Waals surface area contributed by atoms with Crippen LogP contribution in [0.5, 0.6) is 0 Å². The topological polar surface area (TPSA) is 108 Å². The first-order valence-corrected chi connectivity index (χ1v) is 26.9.